The van der Waals surface area contributed by atoms with Crippen LogP contribution >= 0.6 is 23.4 Å². The Morgan fingerprint density at radius 2 is 1.86 bits per heavy atom. The fourth-order valence-electron chi connectivity index (χ4n) is 4.57. The van der Waals surface area contributed by atoms with Gasteiger partial charge in [-0.15, -0.1) is 0 Å². The Hall–Kier alpha value is -3.17. The van der Waals surface area contributed by atoms with Gasteiger partial charge in [-0.25, -0.2) is 9.37 Å². The quantitative estimate of drug-likeness (QED) is 0.165. The highest BCUT2D eigenvalue weighted by Crippen LogP contribution is 2.42. The van der Waals surface area contributed by atoms with Crippen LogP contribution < -0.4 is 9.47 Å². The van der Waals surface area contributed by atoms with Gasteiger partial charge in [-0.05, 0) is 61.2 Å². The Bertz CT molecular complexity index is 1410. The van der Waals surface area contributed by atoms with Crippen molar-refractivity contribution in [3.8, 4) is 11.4 Å². The number of fused-ring (bicyclic) bond motifs is 1. The third kappa shape index (κ3) is 4.65. The largest absolute Gasteiger partial charge is 0.619 e. The highest BCUT2D eigenvalue weighted by atomic mass is 35.5. The maximum atomic E-state index is 14.3. The number of rotatable bonds is 6. The number of aromatic nitrogens is 3. The predicted molar refractivity (Wildman–Crippen MR) is 131 cm³/mol. The molecule has 0 bridgehead atoms. The van der Waals surface area contributed by atoms with Gasteiger partial charge in [-0.2, -0.15) is 13.5 Å². The van der Waals surface area contributed by atoms with E-state index in [1.54, 1.807) is 25.3 Å². The Morgan fingerprint density at radius 3 is 2.56 bits per heavy atom. The SMILES string of the molecule is COc1cc(C2CCCc3nc(SCc4c(F)c[n+]([O-])cc4F)n(-c4ccc(F)cc4)c32)ccc1Cl. The van der Waals surface area contributed by atoms with Crippen molar-refractivity contribution in [3.05, 3.63) is 105 Å². The van der Waals surface area contributed by atoms with Gasteiger partial charge in [0.2, 0.25) is 12.4 Å². The highest BCUT2D eigenvalue weighted by molar-refractivity contribution is 7.98. The van der Waals surface area contributed by atoms with E-state index < -0.39 is 11.6 Å². The number of ether oxygens (including phenoxy) is 1. The van der Waals surface area contributed by atoms with E-state index in [1.165, 1.54) is 12.1 Å². The lowest BCUT2D eigenvalue weighted by atomic mass is 9.84. The first-order valence-electron chi connectivity index (χ1n) is 11.3. The average Bonchev–Trinajstić information content (AvgIpc) is 3.23. The van der Waals surface area contributed by atoms with Gasteiger partial charge in [0, 0.05) is 22.9 Å². The number of methoxy groups -OCH3 is 1. The summed E-state index contributed by atoms with van der Waals surface area (Å²) in [7, 11) is 1.56. The summed E-state index contributed by atoms with van der Waals surface area (Å²) in [6.45, 7) is 0. The van der Waals surface area contributed by atoms with Crippen LogP contribution in [0.5, 0.6) is 5.75 Å². The van der Waals surface area contributed by atoms with Crippen LogP contribution in [-0.2, 0) is 12.2 Å². The van der Waals surface area contributed by atoms with Gasteiger partial charge in [-0.1, -0.05) is 29.4 Å². The lowest BCUT2D eigenvalue weighted by Gasteiger charge is -2.25. The first-order valence-corrected chi connectivity index (χ1v) is 12.6. The third-order valence-electron chi connectivity index (χ3n) is 6.26. The maximum Gasteiger partial charge on any atom is 0.216 e. The molecule has 4 aromatic rings. The molecule has 1 unspecified atom stereocenters. The summed E-state index contributed by atoms with van der Waals surface area (Å²) >= 11 is 7.41. The summed E-state index contributed by atoms with van der Waals surface area (Å²) in [6, 6.07) is 11.7. The zero-order chi connectivity index (χ0) is 25.4. The number of hydrogen-bond donors (Lipinski definition) is 0. The second kappa shape index (κ2) is 10.1. The van der Waals surface area contributed by atoms with Gasteiger partial charge in [-0.3, -0.25) is 4.57 Å². The molecule has 0 saturated heterocycles. The molecule has 186 valence electrons. The summed E-state index contributed by atoms with van der Waals surface area (Å²) in [5, 5.41) is 12.4. The van der Waals surface area contributed by atoms with E-state index in [1.807, 2.05) is 16.7 Å². The molecular weight excluding hydrogens is 511 g/mol. The molecule has 0 N–H and O–H groups in total. The zero-order valence-electron chi connectivity index (χ0n) is 19.2. The molecule has 2 aromatic carbocycles. The molecule has 0 radical (unpaired) electrons. The molecule has 10 heteroatoms. The monoisotopic (exact) mass is 531 g/mol. The van der Waals surface area contributed by atoms with Gasteiger partial charge in [0.05, 0.1) is 23.5 Å². The van der Waals surface area contributed by atoms with E-state index in [0.717, 1.165) is 48.0 Å². The van der Waals surface area contributed by atoms with Crippen LogP contribution in [-0.4, -0.2) is 16.7 Å². The molecule has 2 heterocycles. The first-order chi connectivity index (χ1) is 17.4. The lowest BCUT2D eigenvalue weighted by molar-refractivity contribution is -0.609. The number of benzene rings is 2. The van der Waals surface area contributed by atoms with Crippen molar-refractivity contribution in [3.63, 3.8) is 0 Å². The minimum Gasteiger partial charge on any atom is -0.619 e. The third-order valence-corrected chi connectivity index (χ3v) is 7.54. The average molecular weight is 532 g/mol. The molecule has 2 aromatic heterocycles. The second-order valence-electron chi connectivity index (χ2n) is 8.46. The van der Waals surface area contributed by atoms with Crippen LogP contribution in [0.4, 0.5) is 13.2 Å². The number of thioether (sulfide) groups is 1. The number of halogens is 4. The number of hydrogen-bond acceptors (Lipinski definition) is 4. The molecule has 1 atom stereocenters. The van der Waals surface area contributed by atoms with Crippen LogP contribution in [0.1, 0.15) is 41.3 Å². The number of imidazole rings is 1. The number of pyridine rings is 1. The summed E-state index contributed by atoms with van der Waals surface area (Å²) in [4.78, 5) is 4.84. The summed E-state index contributed by atoms with van der Waals surface area (Å²) in [6.07, 6.45) is 3.88. The van der Waals surface area contributed by atoms with E-state index in [0.29, 0.717) is 34.0 Å². The van der Waals surface area contributed by atoms with Crippen LogP contribution in [0, 0.1) is 22.7 Å². The van der Waals surface area contributed by atoms with Crippen molar-refractivity contribution in [2.24, 2.45) is 0 Å². The van der Waals surface area contributed by atoms with Crippen molar-refractivity contribution in [1.82, 2.24) is 9.55 Å². The molecule has 0 saturated carbocycles. The predicted octanol–water partition coefficient (Wildman–Crippen LogP) is 6.35. The summed E-state index contributed by atoms with van der Waals surface area (Å²) in [5.74, 6) is -1.78. The van der Waals surface area contributed by atoms with E-state index in [2.05, 4.69) is 0 Å². The standard InChI is InChI=1S/C26H21ClF3N3O2S/c1-35-24-11-15(5-10-20(24)27)18-3-2-4-23-25(18)33(17-8-6-16(28)7-9-17)26(31-23)36-14-19-21(29)12-32(34)13-22(19)30/h5-13,18H,2-4,14H2,1H3. The Balaban J connectivity index is 1.61. The van der Waals surface area contributed by atoms with Crippen molar-refractivity contribution >= 4 is 23.4 Å². The van der Waals surface area contributed by atoms with Crippen molar-refractivity contribution in [1.29, 1.82) is 0 Å². The van der Waals surface area contributed by atoms with Gasteiger partial charge < -0.3 is 9.94 Å². The van der Waals surface area contributed by atoms with E-state index in [-0.39, 0.29) is 27.8 Å². The van der Waals surface area contributed by atoms with Crippen LogP contribution in [0.2, 0.25) is 5.02 Å². The Labute approximate surface area is 215 Å². The van der Waals surface area contributed by atoms with Crippen molar-refractivity contribution in [2.75, 3.05) is 7.11 Å². The smallest absolute Gasteiger partial charge is 0.216 e. The minimum atomic E-state index is -0.923. The van der Waals surface area contributed by atoms with Gasteiger partial charge in [0.15, 0.2) is 16.8 Å². The molecule has 1 aliphatic rings. The lowest BCUT2D eigenvalue weighted by Crippen LogP contribution is -2.27. The first kappa shape index (κ1) is 24.5. The number of aryl methyl sites for hydroxylation is 1. The van der Waals surface area contributed by atoms with Gasteiger partial charge >= 0.3 is 0 Å². The topological polar surface area (TPSA) is 54.0 Å². The molecule has 0 amide bonds. The molecule has 0 fully saturated rings. The number of nitrogens with zero attached hydrogens (tertiary/aromatic N) is 3. The Morgan fingerprint density at radius 1 is 1.14 bits per heavy atom. The van der Waals surface area contributed by atoms with Crippen molar-refractivity contribution in [2.45, 2.75) is 36.1 Å². The molecule has 0 spiro atoms. The fraction of sp³-hybridized carbons (Fsp3) is 0.231. The van der Waals surface area contributed by atoms with Crippen LogP contribution in [0.3, 0.4) is 0 Å². The zero-order valence-corrected chi connectivity index (χ0v) is 20.8. The van der Waals surface area contributed by atoms with Gasteiger partial charge in [0.25, 0.3) is 0 Å². The van der Waals surface area contributed by atoms with Gasteiger partial charge in [0.1, 0.15) is 11.6 Å². The molecular formula is C26H21ClF3N3O2S. The molecule has 1 aliphatic carbocycles. The normalized spacial score (nSPS) is 15.1. The molecule has 0 aliphatic heterocycles. The molecule has 5 nitrogen and oxygen atoms in total. The minimum absolute atomic E-state index is 0.0450. The van der Waals surface area contributed by atoms with E-state index >= 15 is 0 Å². The van der Waals surface area contributed by atoms with Crippen LogP contribution in [0.25, 0.3) is 5.69 Å². The van der Waals surface area contributed by atoms with E-state index in [4.69, 9.17) is 21.3 Å². The maximum absolute atomic E-state index is 14.3. The van der Waals surface area contributed by atoms with Crippen molar-refractivity contribution < 1.29 is 22.6 Å². The summed E-state index contributed by atoms with van der Waals surface area (Å²) < 4.78 is 49.9. The molecule has 36 heavy (non-hydrogen) atoms. The second-order valence-corrected chi connectivity index (χ2v) is 9.81. The van der Waals surface area contributed by atoms with Crippen LogP contribution in [0.15, 0.2) is 60.0 Å². The van der Waals surface area contributed by atoms with E-state index in [9.17, 15) is 18.4 Å². The summed E-state index contributed by atoms with van der Waals surface area (Å²) in [5.41, 5.74) is 3.28. The highest BCUT2D eigenvalue weighted by Gasteiger charge is 2.31. The molecule has 5 rings (SSSR count). The fourth-order valence-corrected chi connectivity index (χ4v) is 5.82. The Kier molecular flexibility index (Phi) is 6.85.